The van der Waals surface area contributed by atoms with Crippen molar-refractivity contribution in [1.82, 2.24) is 4.57 Å². The number of nitrogens with zero attached hydrogens (tertiary/aromatic N) is 1. The maximum Gasteiger partial charge on any atom is 0.209 e. The molecule has 2 rings (SSSR count). The molecule has 0 atom stereocenters. The van der Waals surface area contributed by atoms with Gasteiger partial charge in [0.05, 0.1) is 11.4 Å². The highest BCUT2D eigenvalue weighted by Gasteiger charge is 2.17. The molecule has 1 aromatic carbocycles. The monoisotopic (exact) mass is 241 g/mol. The number of carbonyl (C=O) groups is 2. The van der Waals surface area contributed by atoms with E-state index in [9.17, 15) is 9.59 Å². The van der Waals surface area contributed by atoms with Crippen molar-refractivity contribution < 1.29 is 9.59 Å². The van der Waals surface area contributed by atoms with Gasteiger partial charge in [0, 0.05) is 12.1 Å². The van der Waals surface area contributed by atoms with Crippen molar-refractivity contribution in [3.8, 4) is 0 Å². The molecule has 1 heterocycles. The Morgan fingerprint density at radius 1 is 1.28 bits per heavy atom. The number of benzene rings is 1. The van der Waals surface area contributed by atoms with E-state index in [4.69, 9.17) is 0 Å². The van der Waals surface area contributed by atoms with Crippen molar-refractivity contribution in [3.63, 3.8) is 0 Å². The summed E-state index contributed by atoms with van der Waals surface area (Å²) in [6.45, 7) is 4.38. The molecule has 0 radical (unpaired) electrons. The molecular formula is C15H15NO2. The molecule has 0 amide bonds. The average molecular weight is 241 g/mol. The third-order valence-electron chi connectivity index (χ3n) is 3.04. The van der Waals surface area contributed by atoms with E-state index in [1.807, 2.05) is 32.0 Å². The molecule has 0 aliphatic heterocycles. The van der Waals surface area contributed by atoms with Crippen LogP contribution < -0.4 is 0 Å². The summed E-state index contributed by atoms with van der Waals surface area (Å²) in [6.07, 6.45) is 0.806. The van der Waals surface area contributed by atoms with E-state index in [0.717, 1.165) is 11.8 Å². The van der Waals surface area contributed by atoms with Crippen molar-refractivity contribution in [3.05, 3.63) is 58.9 Å². The molecule has 0 saturated heterocycles. The standard InChI is InChI=1S/C15H15NO2/c1-3-16-13(9-11(2)14(16)10-17)15(18)12-7-5-4-6-8-12/h4-10H,3H2,1-2H3. The van der Waals surface area contributed by atoms with Crippen molar-refractivity contribution in [1.29, 1.82) is 0 Å². The molecule has 3 heteroatoms. The van der Waals surface area contributed by atoms with Gasteiger partial charge in [-0.25, -0.2) is 0 Å². The summed E-state index contributed by atoms with van der Waals surface area (Å²) in [5, 5.41) is 0. The fraction of sp³-hybridized carbons (Fsp3) is 0.200. The highest BCUT2D eigenvalue weighted by Crippen LogP contribution is 2.17. The topological polar surface area (TPSA) is 39.1 Å². The lowest BCUT2D eigenvalue weighted by Gasteiger charge is -2.07. The maximum atomic E-state index is 12.4. The number of aromatic nitrogens is 1. The number of rotatable bonds is 4. The molecular weight excluding hydrogens is 226 g/mol. The van der Waals surface area contributed by atoms with Gasteiger partial charge in [0.1, 0.15) is 0 Å². The van der Waals surface area contributed by atoms with E-state index in [-0.39, 0.29) is 5.78 Å². The Labute approximate surface area is 106 Å². The molecule has 1 aromatic heterocycles. The van der Waals surface area contributed by atoms with Gasteiger partial charge in [-0.1, -0.05) is 30.3 Å². The van der Waals surface area contributed by atoms with Crippen molar-refractivity contribution in [2.45, 2.75) is 20.4 Å². The minimum Gasteiger partial charge on any atom is -0.336 e. The van der Waals surface area contributed by atoms with E-state index in [1.54, 1.807) is 22.8 Å². The molecule has 92 valence electrons. The van der Waals surface area contributed by atoms with Crippen LogP contribution in [0.25, 0.3) is 0 Å². The lowest BCUT2D eigenvalue weighted by Crippen LogP contribution is -2.11. The molecule has 18 heavy (non-hydrogen) atoms. The summed E-state index contributed by atoms with van der Waals surface area (Å²) in [5.74, 6) is -0.0475. The highest BCUT2D eigenvalue weighted by atomic mass is 16.1. The zero-order chi connectivity index (χ0) is 13.1. The lowest BCUT2D eigenvalue weighted by atomic mass is 10.1. The van der Waals surface area contributed by atoms with E-state index in [1.165, 1.54) is 0 Å². The third-order valence-corrected chi connectivity index (χ3v) is 3.04. The van der Waals surface area contributed by atoms with Gasteiger partial charge in [0.15, 0.2) is 6.29 Å². The highest BCUT2D eigenvalue weighted by molar-refractivity contribution is 6.08. The van der Waals surface area contributed by atoms with Crippen LogP contribution in [-0.4, -0.2) is 16.6 Å². The maximum absolute atomic E-state index is 12.4. The summed E-state index contributed by atoms with van der Waals surface area (Å²) < 4.78 is 1.76. The summed E-state index contributed by atoms with van der Waals surface area (Å²) in [5.41, 5.74) is 2.63. The van der Waals surface area contributed by atoms with Crippen molar-refractivity contribution in [2.75, 3.05) is 0 Å². The Bertz CT molecular complexity index is 582. The Morgan fingerprint density at radius 3 is 2.50 bits per heavy atom. The Hall–Kier alpha value is -2.16. The number of aryl methyl sites for hydroxylation is 1. The molecule has 0 fully saturated rings. The molecule has 0 saturated carbocycles. The first-order valence-corrected chi connectivity index (χ1v) is 5.94. The third kappa shape index (κ3) is 1.99. The molecule has 0 bridgehead atoms. The number of aldehydes is 1. The molecule has 0 unspecified atom stereocenters. The van der Waals surface area contributed by atoms with Gasteiger partial charge in [0.25, 0.3) is 0 Å². The molecule has 2 aromatic rings. The quantitative estimate of drug-likeness (QED) is 0.610. The average Bonchev–Trinajstić information content (AvgIpc) is 2.74. The predicted molar refractivity (Wildman–Crippen MR) is 70.1 cm³/mol. The van der Waals surface area contributed by atoms with Gasteiger partial charge in [-0.15, -0.1) is 0 Å². The Morgan fingerprint density at radius 2 is 1.94 bits per heavy atom. The van der Waals surface area contributed by atoms with Gasteiger partial charge in [-0.3, -0.25) is 9.59 Å². The molecule has 0 spiro atoms. The zero-order valence-corrected chi connectivity index (χ0v) is 10.5. The summed E-state index contributed by atoms with van der Waals surface area (Å²) in [4.78, 5) is 23.4. The van der Waals surface area contributed by atoms with Crippen LogP contribution in [0.15, 0.2) is 36.4 Å². The number of hydrogen-bond donors (Lipinski definition) is 0. The van der Waals surface area contributed by atoms with Crippen LogP contribution in [0.2, 0.25) is 0 Å². The van der Waals surface area contributed by atoms with Crippen LogP contribution >= 0.6 is 0 Å². The van der Waals surface area contributed by atoms with Crippen molar-refractivity contribution in [2.24, 2.45) is 0 Å². The largest absolute Gasteiger partial charge is 0.336 e. The van der Waals surface area contributed by atoms with Crippen LogP contribution in [0.1, 0.15) is 39.0 Å². The van der Waals surface area contributed by atoms with Gasteiger partial charge in [-0.05, 0) is 25.5 Å². The fourth-order valence-electron chi connectivity index (χ4n) is 2.12. The van der Waals surface area contributed by atoms with Crippen LogP contribution in [-0.2, 0) is 6.54 Å². The predicted octanol–water partition coefficient (Wildman–Crippen LogP) is 2.86. The molecule has 0 N–H and O–H groups in total. The van der Waals surface area contributed by atoms with Gasteiger partial charge < -0.3 is 4.57 Å². The fourth-order valence-corrected chi connectivity index (χ4v) is 2.12. The Balaban J connectivity index is 2.52. The normalized spacial score (nSPS) is 10.3. The van der Waals surface area contributed by atoms with E-state index in [0.29, 0.717) is 23.5 Å². The first-order chi connectivity index (χ1) is 8.69. The van der Waals surface area contributed by atoms with Gasteiger partial charge in [0.2, 0.25) is 5.78 Å². The molecule has 0 aliphatic rings. The summed E-state index contributed by atoms with van der Waals surface area (Å²) >= 11 is 0. The first-order valence-electron chi connectivity index (χ1n) is 5.94. The van der Waals surface area contributed by atoms with Gasteiger partial charge >= 0.3 is 0 Å². The SMILES string of the molecule is CCn1c(C(=O)c2ccccc2)cc(C)c1C=O. The second kappa shape index (κ2) is 5.00. The summed E-state index contributed by atoms with van der Waals surface area (Å²) in [6, 6.07) is 10.9. The van der Waals surface area contributed by atoms with Crippen LogP contribution in [0.5, 0.6) is 0 Å². The number of ketones is 1. The molecule has 3 nitrogen and oxygen atoms in total. The Kier molecular flexibility index (Phi) is 3.42. The van der Waals surface area contributed by atoms with Crippen LogP contribution in [0, 0.1) is 6.92 Å². The number of hydrogen-bond acceptors (Lipinski definition) is 2. The van der Waals surface area contributed by atoms with Gasteiger partial charge in [-0.2, -0.15) is 0 Å². The smallest absolute Gasteiger partial charge is 0.209 e. The van der Waals surface area contributed by atoms with E-state index < -0.39 is 0 Å². The molecule has 0 aliphatic carbocycles. The van der Waals surface area contributed by atoms with Crippen molar-refractivity contribution >= 4 is 12.1 Å². The van der Waals surface area contributed by atoms with E-state index in [2.05, 4.69) is 0 Å². The minimum absolute atomic E-state index is 0.0475. The summed E-state index contributed by atoms with van der Waals surface area (Å²) in [7, 11) is 0. The second-order valence-corrected chi connectivity index (χ2v) is 4.16. The first kappa shape index (κ1) is 12.3. The zero-order valence-electron chi connectivity index (χ0n) is 10.5. The second-order valence-electron chi connectivity index (χ2n) is 4.16. The lowest BCUT2D eigenvalue weighted by molar-refractivity contribution is 0.103. The van der Waals surface area contributed by atoms with E-state index >= 15 is 0 Å². The van der Waals surface area contributed by atoms with Crippen LogP contribution in [0.3, 0.4) is 0 Å². The minimum atomic E-state index is -0.0475. The number of carbonyl (C=O) groups excluding carboxylic acids is 2. The van der Waals surface area contributed by atoms with Crippen LogP contribution in [0.4, 0.5) is 0 Å².